The quantitative estimate of drug-likeness (QED) is 0.634. The molecule has 1 saturated heterocycles. The number of benzene rings is 1. The van der Waals surface area contributed by atoms with Gasteiger partial charge in [-0.15, -0.1) is 0 Å². The van der Waals surface area contributed by atoms with Crippen molar-refractivity contribution < 1.29 is 14.3 Å². The monoisotopic (exact) mass is 393 g/mol. The van der Waals surface area contributed by atoms with Gasteiger partial charge in [0, 0.05) is 18.3 Å². The predicted molar refractivity (Wildman–Crippen MR) is 109 cm³/mol. The average Bonchev–Trinajstić information content (AvgIpc) is 3.32. The van der Waals surface area contributed by atoms with Crippen molar-refractivity contribution in [1.29, 1.82) is 0 Å². The largest absolute Gasteiger partial charge is 0.478 e. The number of hydrogen-bond acceptors (Lipinski definition) is 4. The van der Waals surface area contributed by atoms with Crippen LogP contribution < -0.4 is 5.32 Å². The van der Waals surface area contributed by atoms with E-state index in [4.69, 9.17) is 16.6 Å². The van der Waals surface area contributed by atoms with Crippen LogP contribution in [0.15, 0.2) is 65.2 Å². The van der Waals surface area contributed by atoms with E-state index in [0.717, 1.165) is 5.69 Å². The number of furan rings is 1. The molecule has 1 aliphatic rings. The second-order valence-corrected chi connectivity index (χ2v) is 6.85. The summed E-state index contributed by atoms with van der Waals surface area (Å²) in [7, 11) is 0. The second-order valence-electron chi connectivity index (χ2n) is 6.47. The smallest absolute Gasteiger partial charge is 0.336 e. The number of aromatic carboxylic acids is 1. The lowest BCUT2D eigenvalue weighted by Gasteiger charge is -2.24. The summed E-state index contributed by atoms with van der Waals surface area (Å²) >= 11 is 5.52. The van der Waals surface area contributed by atoms with Gasteiger partial charge in [0.1, 0.15) is 17.6 Å². The van der Waals surface area contributed by atoms with Gasteiger partial charge in [-0.05, 0) is 49.5 Å². The molecule has 4 rings (SSSR count). The Morgan fingerprint density at radius 2 is 2.00 bits per heavy atom. The van der Waals surface area contributed by atoms with Crippen molar-refractivity contribution >= 4 is 23.3 Å². The summed E-state index contributed by atoms with van der Waals surface area (Å²) in [5, 5.41) is 13.5. The Balaban J connectivity index is 1.75. The molecule has 0 radical (unpaired) electrons. The molecule has 0 bridgehead atoms. The molecular formula is C21H19N3O3S. The second kappa shape index (κ2) is 7.44. The van der Waals surface area contributed by atoms with E-state index in [2.05, 4.69) is 15.2 Å². The summed E-state index contributed by atoms with van der Waals surface area (Å²) in [6.07, 6.45) is 1.75. The maximum absolute atomic E-state index is 11.6. The molecule has 28 heavy (non-hydrogen) atoms. The number of hydrogen-bond donors (Lipinski definition) is 2. The van der Waals surface area contributed by atoms with Crippen LogP contribution in [0.5, 0.6) is 0 Å². The van der Waals surface area contributed by atoms with Gasteiger partial charge < -0.3 is 19.7 Å². The van der Waals surface area contributed by atoms with Crippen molar-refractivity contribution in [3.63, 3.8) is 0 Å². The molecule has 1 aromatic carbocycles. The SMILES string of the molecule is CCN1C(=S)NC(c2ccccn2)C1c1ccc(-c2ccccc2C(=O)O)o1. The van der Waals surface area contributed by atoms with Crippen LogP contribution in [0.25, 0.3) is 11.3 Å². The highest BCUT2D eigenvalue weighted by Crippen LogP contribution is 2.40. The molecule has 142 valence electrons. The third kappa shape index (κ3) is 3.14. The maximum Gasteiger partial charge on any atom is 0.336 e. The fraction of sp³-hybridized carbons (Fsp3) is 0.190. The number of aromatic nitrogens is 1. The Morgan fingerprint density at radius 1 is 1.21 bits per heavy atom. The third-order valence-corrected chi connectivity index (χ3v) is 5.23. The van der Waals surface area contributed by atoms with Gasteiger partial charge in [-0.25, -0.2) is 4.79 Å². The number of likely N-dealkylation sites (N-methyl/N-ethyl adjacent to an activating group) is 1. The Bertz CT molecular complexity index is 1020. The molecule has 6 nitrogen and oxygen atoms in total. The first-order chi connectivity index (χ1) is 13.6. The molecule has 3 heterocycles. The van der Waals surface area contributed by atoms with Crippen LogP contribution in [-0.4, -0.2) is 32.6 Å². The van der Waals surface area contributed by atoms with Gasteiger partial charge in [0.05, 0.1) is 17.3 Å². The fourth-order valence-electron chi connectivity index (χ4n) is 3.60. The normalized spacial score (nSPS) is 18.9. The van der Waals surface area contributed by atoms with E-state index >= 15 is 0 Å². The molecule has 2 N–H and O–H groups in total. The fourth-order valence-corrected chi connectivity index (χ4v) is 3.97. The molecule has 0 spiro atoms. The van der Waals surface area contributed by atoms with Gasteiger partial charge in [0.15, 0.2) is 5.11 Å². The molecule has 1 fully saturated rings. The molecule has 7 heteroatoms. The molecule has 0 amide bonds. The number of carbonyl (C=O) groups is 1. The highest BCUT2D eigenvalue weighted by molar-refractivity contribution is 7.80. The first kappa shape index (κ1) is 18.2. The highest BCUT2D eigenvalue weighted by Gasteiger charge is 2.40. The number of thiocarbonyl (C=S) groups is 1. The van der Waals surface area contributed by atoms with Crippen molar-refractivity contribution in [2.45, 2.75) is 19.0 Å². The summed E-state index contributed by atoms with van der Waals surface area (Å²) in [5.41, 5.74) is 1.62. The minimum absolute atomic E-state index is 0.151. The molecule has 2 unspecified atom stereocenters. The summed E-state index contributed by atoms with van der Waals surface area (Å²) in [6, 6.07) is 16.0. The highest BCUT2D eigenvalue weighted by atomic mass is 32.1. The molecule has 1 aliphatic heterocycles. The topological polar surface area (TPSA) is 78.6 Å². The van der Waals surface area contributed by atoms with Gasteiger partial charge in [0.25, 0.3) is 0 Å². The molecule has 3 aromatic rings. The lowest BCUT2D eigenvalue weighted by molar-refractivity contribution is 0.0697. The lowest BCUT2D eigenvalue weighted by atomic mass is 10.0. The molecule has 2 atom stereocenters. The molecule has 0 aliphatic carbocycles. The van der Waals surface area contributed by atoms with Crippen molar-refractivity contribution in [3.8, 4) is 11.3 Å². The summed E-state index contributed by atoms with van der Waals surface area (Å²) in [4.78, 5) is 18.1. The van der Waals surface area contributed by atoms with Gasteiger partial charge in [-0.1, -0.05) is 24.3 Å². The van der Waals surface area contributed by atoms with E-state index in [-0.39, 0.29) is 17.6 Å². The Hall–Kier alpha value is -3.19. The van der Waals surface area contributed by atoms with Crippen molar-refractivity contribution in [2.75, 3.05) is 6.54 Å². The Kier molecular flexibility index (Phi) is 4.83. The molecular weight excluding hydrogens is 374 g/mol. The van der Waals surface area contributed by atoms with E-state index in [1.807, 2.05) is 37.3 Å². The van der Waals surface area contributed by atoms with Crippen LogP contribution in [0, 0.1) is 0 Å². The number of rotatable bonds is 5. The number of pyridine rings is 1. The van der Waals surface area contributed by atoms with Crippen molar-refractivity contribution in [3.05, 3.63) is 77.8 Å². The van der Waals surface area contributed by atoms with E-state index in [9.17, 15) is 9.90 Å². The summed E-state index contributed by atoms with van der Waals surface area (Å²) in [6.45, 7) is 2.74. The summed E-state index contributed by atoms with van der Waals surface area (Å²) < 4.78 is 6.14. The van der Waals surface area contributed by atoms with Crippen molar-refractivity contribution in [2.24, 2.45) is 0 Å². The van der Waals surface area contributed by atoms with Crippen LogP contribution in [0.1, 0.15) is 40.8 Å². The zero-order valence-electron chi connectivity index (χ0n) is 15.2. The van der Waals surface area contributed by atoms with E-state index in [1.54, 1.807) is 30.5 Å². The van der Waals surface area contributed by atoms with Crippen LogP contribution in [-0.2, 0) is 0 Å². The number of nitrogens with one attached hydrogen (secondary N) is 1. The molecule has 0 saturated carbocycles. The molecule has 2 aromatic heterocycles. The van der Waals surface area contributed by atoms with Crippen LogP contribution >= 0.6 is 12.2 Å². The zero-order chi connectivity index (χ0) is 19.7. The maximum atomic E-state index is 11.6. The van der Waals surface area contributed by atoms with Crippen molar-refractivity contribution in [1.82, 2.24) is 15.2 Å². The number of carboxylic acid groups (broad SMARTS) is 1. The number of nitrogens with zero attached hydrogens (tertiary/aromatic N) is 2. The van der Waals surface area contributed by atoms with E-state index in [0.29, 0.717) is 28.7 Å². The minimum Gasteiger partial charge on any atom is -0.478 e. The number of carboxylic acids is 1. The first-order valence-corrected chi connectivity index (χ1v) is 9.41. The van der Waals surface area contributed by atoms with Crippen LogP contribution in [0.3, 0.4) is 0 Å². The third-order valence-electron chi connectivity index (χ3n) is 4.88. The Labute approximate surface area is 167 Å². The van der Waals surface area contributed by atoms with Crippen LogP contribution in [0.4, 0.5) is 0 Å². The minimum atomic E-state index is -0.987. The zero-order valence-corrected chi connectivity index (χ0v) is 16.0. The van der Waals surface area contributed by atoms with Gasteiger partial charge in [-0.3, -0.25) is 4.98 Å². The first-order valence-electron chi connectivity index (χ1n) is 9.00. The van der Waals surface area contributed by atoms with E-state index in [1.165, 1.54) is 0 Å². The predicted octanol–water partition coefficient (Wildman–Crippen LogP) is 4.03. The standard InChI is InChI=1S/C21H19N3O3S/c1-2-24-19(18(23-21(24)28)15-9-5-6-12-22-15)17-11-10-16(27-17)13-7-3-4-8-14(13)20(25)26/h3-12,18-19H,2H2,1H3,(H,23,28)(H,25,26). The van der Waals surface area contributed by atoms with Gasteiger partial charge >= 0.3 is 5.97 Å². The van der Waals surface area contributed by atoms with Gasteiger partial charge in [0.2, 0.25) is 0 Å². The van der Waals surface area contributed by atoms with E-state index < -0.39 is 5.97 Å². The summed E-state index contributed by atoms with van der Waals surface area (Å²) in [5.74, 6) is 0.237. The van der Waals surface area contributed by atoms with Gasteiger partial charge in [-0.2, -0.15) is 0 Å². The van der Waals surface area contributed by atoms with Crippen LogP contribution in [0.2, 0.25) is 0 Å². The Morgan fingerprint density at radius 3 is 2.71 bits per heavy atom. The average molecular weight is 393 g/mol. The lowest BCUT2D eigenvalue weighted by Crippen LogP contribution is -2.29.